The Morgan fingerprint density at radius 1 is 0.971 bits per heavy atom. The van der Waals surface area contributed by atoms with Crippen LogP contribution < -0.4 is 9.47 Å². The molecule has 0 fully saturated rings. The molecule has 0 bridgehead atoms. The molecule has 8 heteroatoms. The van der Waals surface area contributed by atoms with Crippen molar-refractivity contribution in [1.29, 1.82) is 5.26 Å². The average Bonchev–Trinajstić information content (AvgIpc) is 2.88. The lowest BCUT2D eigenvalue weighted by Crippen LogP contribution is -2.30. The van der Waals surface area contributed by atoms with Crippen molar-refractivity contribution in [2.24, 2.45) is 0 Å². The van der Waals surface area contributed by atoms with Gasteiger partial charge in [-0.1, -0.05) is 38.1 Å². The Bertz CT molecular complexity index is 1350. The first kappa shape index (κ1) is 25.7. The molecule has 180 valence electrons. The molecule has 0 saturated heterocycles. The van der Waals surface area contributed by atoms with Gasteiger partial charge in [0.05, 0.1) is 29.2 Å². The molecule has 0 aromatic heterocycles. The number of nitrogens with zero attached hydrogens (tertiary/aromatic N) is 2. The molecule has 0 heterocycles. The van der Waals surface area contributed by atoms with E-state index in [0.717, 1.165) is 5.56 Å². The molecule has 3 rings (SSSR count). The minimum Gasteiger partial charge on any atom is -0.496 e. The molecule has 0 spiro atoms. The number of carbonyl (C=O) groups excluding carboxylic acids is 1. The van der Waals surface area contributed by atoms with Crippen molar-refractivity contribution < 1.29 is 22.7 Å². The Kier molecular flexibility index (Phi) is 8.42. The van der Waals surface area contributed by atoms with Gasteiger partial charge in [-0.25, -0.2) is 13.2 Å². The maximum Gasteiger partial charge on any atom is 0.343 e. The van der Waals surface area contributed by atoms with Crippen molar-refractivity contribution >= 4 is 27.6 Å². The molecular weight excluding hydrogens is 464 g/mol. The standard InChI is InChI=1S/C27H26N2O5S/c1-4-29(5-2)35(31,32)24-16-12-21(13-17-24)27(30)34-23-14-10-20(11-15-23)18-22(19-28)25-8-6-7-9-26(25)33-3/h6-18H,4-5H2,1-3H3/b22-18-. The number of benzene rings is 3. The Morgan fingerprint density at radius 3 is 2.17 bits per heavy atom. The highest BCUT2D eigenvalue weighted by atomic mass is 32.2. The van der Waals surface area contributed by atoms with E-state index in [9.17, 15) is 18.5 Å². The number of esters is 1. The summed E-state index contributed by atoms with van der Waals surface area (Å²) in [6, 6.07) is 21.8. The number of sulfonamides is 1. The lowest BCUT2D eigenvalue weighted by atomic mass is 10.0. The second-order valence-electron chi connectivity index (χ2n) is 7.44. The molecule has 0 N–H and O–H groups in total. The predicted octanol–water partition coefficient (Wildman–Crippen LogP) is 5.01. The van der Waals surface area contributed by atoms with Crippen LogP contribution in [0.5, 0.6) is 11.5 Å². The zero-order valence-electron chi connectivity index (χ0n) is 19.8. The summed E-state index contributed by atoms with van der Waals surface area (Å²) in [5.74, 6) is 0.316. The van der Waals surface area contributed by atoms with E-state index in [-0.39, 0.29) is 10.5 Å². The van der Waals surface area contributed by atoms with Crippen molar-refractivity contribution in [2.45, 2.75) is 18.7 Å². The number of nitriles is 1. The van der Waals surface area contributed by atoms with Gasteiger partial charge in [0.1, 0.15) is 11.5 Å². The molecule has 7 nitrogen and oxygen atoms in total. The monoisotopic (exact) mass is 490 g/mol. The fourth-order valence-corrected chi connectivity index (χ4v) is 4.94. The Balaban J connectivity index is 1.74. The topological polar surface area (TPSA) is 96.7 Å². The first-order valence-electron chi connectivity index (χ1n) is 11.0. The van der Waals surface area contributed by atoms with Gasteiger partial charge < -0.3 is 9.47 Å². The number of hydrogen-bond donors (Lipinski definition) is 0. The van der Waals surface area contributed by atoms with Crippen LogP contribution in [0.25, 0.3) is 11.6 Å². The van der Waals surface area contributed by atoms with Gasteiger partial charge in [-0.05, 0) is 60.2 Å². The molecule has 0 amide bonds. The molecule has 0 radical (unpaired) electrons. The van der Waals surface area contributed by atoms with Gasteiger partial charge in [-0.15, -0.1) is 0 Å². The summed E-state index contributed by atoms with van der Waals surface area (Å²) >= 11 is 0. The number of ether oxygens (including phenoxy) is 2. The highest BCUT2D eigenvalue weighted by Gasteiger charge is 2.22. The first-order chi connectivity index (χ1) is 16.8. The van der Waals surface area contributed by atoms with Crippen LogP contribution in [-0.4, -0.2) is 38.9 Å². The number of carbonyl (C=O) groups is 1. The fourth-order valence-electron chi connectivity index (χ4n) is 3.48. The summed E-state index contributed by atoms with van der Waals surface area (Å²) in [5, 5.41) is 9.61. The van der Waals surface area contributed by atoms with Crippen molar-refractivity contribution in [1.82, 2.24) is 4.31 Å². The molecule has 0 aliphatic carbocycles. The van der Waals surface area contributed by atoms with Crippen LogP contribution in [0.1, 0.15) is 35.3 Å². The molecule has 0 aliphatic heterocycles. The van der Waals surface area contributed by atoms with E-state index in [1.54, 1.807) is 57.4 Å². The van der Waals surface area contributed by atoms with Crippen LogP contribution in [0.15, 0.2) is 77.7 Å². The van der Waals surface area contributed by atoms with E-state index in [1.165, 1.54) is 28.6 Å². The van der Waals surface area contributed by atoms with Gasteiger partial charge in [-0.2, -0.15) is 9.57 Å². The summed E-state index contributed by atoms with van der Waals surface area (Å²) in [4.78, 5) is 12.7. The largest absolute Gasteiger partial charge is 0.496 e. The lowest BCUT2D eigenvalue weighted by molar-refractivity contribution is 0.0734. The minimum atomic E-state index is -3.60. The minimum absolute atomic E-state index is 0.122. The maximum atomic E-state index is 12.6. The van der Waals surface area contributed by atoms with E-state index >= 15 is 0 Å². The van der Waals surface area contributed by atoms with E-state index in [4.69, 9.17) is 9.47 Å². The van der Waals surface area contributed by atoms with Crippen molar-refractivity contribution in [3.8, 4) is 17.6 Å². The van der Waals surface area contributed by atoms with Crippen LogP contribution in [0.3, 0.4) is 0 Å². The molecule has 0 saturated carbocycles. The number of rotatable bonds is 9. The molecule has 35 heavy (non-hydrogen) atoms. The first-order valence-corrected chi connectivity index (χ1v) is 12.5. The summed E-state index contributed by atoms with van der Waals surface area (Å²) in [7, 11) is -2.05. The van der Waals surface area contributed by atoms with Gasteiger partial charge in [0.2, 0.25) is 10.0 Å². The van der Waals surface area contributed by atoms with Gasteiger partial charge in [0.25, 0.3) is 0 Å². The molecular formula is C27H26N2O5S. The maximum absolute atomic E-state index is 12.6. The second kappa shape index (κ2) is 11.5. The molecule has 3 aromatic carbocycles. The Labute approximate surface area is 205 Å². The highest BCUT2D eigenvalue weighted by molar-refractivity contribution is 7.89. The highest BCUT2D eigenvalue weighted by Crippen LogP contribution is 2.27. The summed E-state index contributed by atoms with van der Waals surface area (Å²) in [6.07, 6.45) is 1.72. The van der Waals surface area contributed by atoms with Crippen LogP contribution in [0.2, 0.25) is 0 Å². The summed E-state index contributed by atoms with van der Waals surface area (Å²) in [6.45, 7) is 4.27. The SMILES string of the molecule is CCN(CC)S(=O)(=O)c1ccc(C(=O)Oc2ccc(/C=C(/C#N)c3ccccc3OC)cc2)cc1. The van der Waals surface area contributed by atoms with E-state index in [1.807, 2.05) is 18.2 Å². The fraction of sp³-hybridized carbons (Fsp3) is 0.185. The van der Waals surface area contributed by atoms with Gasteiger partial charge in [0, 0.05) is 18.7 Å². The van der Waals surface area contributed by atoms with Crippen LogP contribution in [-0.2, 0) is 10.0 Å². The number of methoxy groups -OCH3 is 1. The van der Waals surface area contributed by atoms with Crippen LogP contribution in [0.4, 0.5) is 0 Å². The molecule has 3 aromatic rings. The average molecular weight is 491 g/mol. The van der Waals surface area contributed by atoms with Crippen LogP contribution >= 0.6 is 0 Å². The quantitative estimate of drug-likeness (QED) is 0.181. The predicted molar refractivity (Wildman–Crippen MR) is 134 cm³/mol. The molecule has 0 atom stereocenters. The lowest BCUT2D eigenvalue weighted by Gasteiger charge is -2.18. The summed E-state index contributed by atoms with van der Waals surface area (Å²) < 4.78 is 37.3. The third-order valence-corrected chi connectivity index (χ3v) is 7.42. The van der Waals surface area contributed by atoms with Crippen molar-refractivity contribution in [3.05, 3.63) is 89.5 Å². The van der Waals surface area contributed by atoms with Gasteiger partial charge in [-0.3, -0.25) is 0 Å². The Morgan fingerprint density at radius 2 is 1.60 bits per heavy atom. The third-order valence-electron chi connectivity index (χ3n) is 5.35. The summed E-state index contributed by atoms with van der Waals surface area (Å²) in [5.41, 5.74) is 2.10. The number of hydrogen-bond acceptors (Lipinski definition) is 6. The van der Waals surface area contributed by atoms with E-state index in [2.05, 4.69) is 6.07 Å². The Hall–Kier alpha value is -3.93. The van der Waals surface area contributed by atoms with Crippen LogP contribution in [0, 0.1) is 11.3 Å². The van der Waals surface area contributed by atoms with Gasteiger partial charge in [0.15, 0.2) is 0 Å². The van der Waals surface area contributed by atoms with Crippen molar-refractivity contribution in [2.75, 3.05) is 20.2 Å². The normalized spacial score (nSPS) is 11.7. The second-order valence-corrected chi connectivity index (χ2v) is 9.38. The van der Waals surface area contributed by atoms with E-state index in [0.29, 0.717) is 35.7 Å². The molecule has 0 aliphatic rings. The van der Waals surface area contributed by atoms with E-state index < -0.39 is 16.0 Å². The number of para-hydroxylation sites is 1. The smallest absolute Gasteiger partial charge is 0.343 e. The zero-order chi connectivity index (χ0) is 25.4. The third kappa shape index (κ3) is 5.96. The number of allylic oxidation sites excluding steroid dienone is 1. The molecule has 0 unspecified atom stereocenters. The van der Waals surface area contributed by atoms with Crippen molar-refractivity contribution in [3.63, 3.8) is 0 Å². The van der Waals surface area contributed by atoms with Gasteiger partial charge >= 0.3 is 5.97 Å². The zero-order valence-corrected chi connectivity index (χ0v) is 20.6.